The third-order valence-corrected chi connectivity index (χ3v) is 2.62. The van der Waals surface area contributed by atoms with E-state index in [4.69, 9.17) is 0 Å². The lowest BCUT2D eigenvalue weighted by Crippen LogP contribution is -2.38. The number of amides is 1. The minimum absolute atomic E-state index is 0.102. The molecule has 14 heavy (non-hydrogen) atoms. The van der Waals surface area contributed by atoms with Gasteiger partial charge < -0.3 is 4.90 Å². The molecule has 76 valence electrons. The molecule has 0 radical (unpaired) electrons. The van der Waals surface area contributed by atoms with E-state index in [9.17, 15) is 4.79 Å². The van der Waals surface area contributed by atoms with Gasteiger partial charge in [0.05, 0.1) is 7.05 Å². The van der Waals surface area contributed by atoms with Gasteiger partial charge in [0, 0.05) is 13.1 Å². The Bertz CT molecular complexity index is 326. The summed E-state index contributed by atoms with van der Waals surface area (Å²) in [6.45, 7) is 1.81. The number of aromatic nitrogens is 2. The zero-order valence-electron chi connectivity index (χ0n) is 8.52. The van der Waals surface area contributed by atoms with Crippen molar-refractivity contribution >= 4 is 6.03 Å². The van der Waals surface area contributed by atoms with Crippen LogP contribution in [-0.4, -0.2) is 28.6 Å². The van der Waals surface area contributed by atoms with E-state index in [1.54, 1.807) is 17.1 Å². The van der Waals surface area contributed by atoms with Crippen LogP contribution in [0, 0.1) is 0 Å². The van der Waals surface area contributed by atoms with Crippen molar-refractivity contribution in [1.82, 2.24) is 9.47 Å². The lowest BCUT2D eigenvalue weighted by atomic mass is 10.1. The van der Waals surface area contributed by atoms with Gasteiger partial charge in [-0.2, -0.15) is 4.57 Å². The molecule has 2 heterocycles. The Kier molecular flexibility index (Phi) is 2.52. The smallest absolute Gasteiger partial charge is 0.304 e. The van der Waals surface area contributed by atoms with E-state index in [-0.39, 0.29) is 6.03 Å². The highest BCUT2D eigenvalue weighted by Gasteiger charge is 2.21. The van der Waals surface area contributed by atoms with Gasteiger partial charge in [-0.3, -0.25) is 0 Å². The van der Waals surface area contributed by atoms with E-state index in [1.807, 2.05) is 22.7 Å². The maximum absolute atomic E-state index is 11.9. The summed E-state index contributed by atoms with van der Waals surface area (Å²) in [6.07, 6.45) is 9.01. The Labute approximate surface area is 83.8 Å². The average Bonchev–Trinajstić information content (AvgIpc) is 2.65. The van der Waals surface area contributed by atoms with Crippen molar-refractivity contribution in [3.8, 4) is 0 Å². The van der Waals surface area contributed by atoms with Gasteiger partial charge in [0.1, 0.15) is 12.4 Å². The number of nitrogens with zero attached hydrogens (tertiary/aromatic N) is 3. The van der Waals surface area contributed by atoms with E-state index in [2.05, 4.69) is 0 Å². The fourth-order valence-corrected chi connectivity index (χ4v) is 1.81. The number of carbonyl (C=O) groups excluding carboxylic acids is 1. The largest absolute Gasteiger partial charge is 0.415 e. The number of likely N-dealkylation sites (tertiary alicyclic amines) is 1. The highest BCUT2D eigenvalue weighted by atomic mass is 16.2. The monoisotopic (exact) mass is 194 g/mol. The van der Waals surface area contributed by atoms with E-state index < -0.39 is 0 Å². The number of aryl methyl sites for hydroxylation is 1. The minimum atomic E-state index is 0.102. The average molecular weight is 194 g/mol. The van der Waals surface area contributed by atoms with Crippen LogP contribution in [0.5, 0.6) is 0 Å². The lowest BCUT2D eigenvalue weighted by molar-refractivity contribution is -0.670. The summed E-state index contributed by atoms with van der Waals surface area (Å²) < 4.78 is 3.52. The summed E-state index contributed by atoms with van der Waals surface area (Å²) in [5.74, 6) is 0. The van der Waals surface area contributed by atoms with Crippen LogP contribution in [0.2, 0.25) is 0 Å². The summed E-state index contributed by atoms with van der Waals surface area (Å²) in [7, 11) is 1.92. The van der Waals surface area contributed by atoms with Crippen LogP contribution in [0.1, 0.15) is 19.3 Å². The Hall–Kier alpha value is -1.32. The van der Waals surface area contributed by atoms with Gasteiger partial charge in [0.2, 0.25) is 0 Å². The molecule has 2 rings (SSSR count). The van der Waals surface area contributed by atoms with Gasteiger partial charge in [0.25, 0.3) is 6.33 Å². The summed E-state index contributed by atoms with van der Waals surface area (Å²) in [6, 6.07) is 0.102. The molecule has 0 aromatic carbocycles. The lowest BCUT2D eigenvalue weighted by Gasteiger charge is -2.23. The van der Waals surface area contributed by atoms with Crippen LogP contribution in [-0.2, 0) is 7.05 Å². The first-order valence-corrected chi connectivity index (χ1v) is 5.10. The summed E-state index contributed by atoms with van der Waals surface area (Å²) in [5.41, 5.74) is 0. The van der Waals surface area contributed by atoms with Crippen molar-refractivity contribution in [1.29, 1.82) is 0 Å². The Morgan fingerprint density at radius 1 is 1.29 bits per heavy atom. The quantitative estimate of drug-likeness (QED) is 0.561. The molecule has 1 aliphatic rings. The maximum Gasteiger partial charge on any atom is 0.415 e. The van der Waals surface area contributed by atoms with E-state index in [0.29, 0.717) is 0 Å². The summed E-state index contributed by atoms with van der Waals surface area (Å²) in [5, 5.41) is 0. The van der Waals surface area contributed by atoms with Crippen molar-refractivity contribution in [3.05, 3.63) is 18.7 Å². The molecule has 4 nitrogen and oxygen atoms in total. The topological polar surface area (TPSA) is 29.1 Å². The second kappa shape index (κ2) is 3.82. The number of carbonyl (C=O) groups is 1. The van der Waals surface area contributed by atoms with Gasteiger partial charge >= 0.3 is 6.03 Å². The molecule has 0 bridgehead atoms. The fraction of sp³-hybridized carbons (Fsp3) is 0.600. The Morgan fingerprint density at radius 3 is 2.57 bits per heavy atom. The number of imidazole rings is 1. The first-order valence-electron chi connectivity index (χ1n) is 5.10. The molecule has 1 aromatic rings. The first-order chi connectivity index (χ1) is 6.77. The molecule has 0 N–H and O–H groups in total. The highest BCUT2D eigenvalue weighted by Crippen LogP contribution is 2.09. The standard InChI is InChI=1S/C10H16N3O/c1-11-7-8-13(9-11)10(14)12-5-3-2-4-6-12/h7-9H,2-6H2,1H3/q+1. The van der Waals surface area contributed by atoms with Gasteiger partial charge in [-0.25, -0.2) is 9.36 Å². The van der Waals surface area contributed by atoms with Gasteiger partial charge in [0.15, 0.2) is 0 Å². The number of hydrogen-bond donors (Lipinski definition) is 0. The van der Waals surface area contributed by atoms with Crippen molar-refractivity contribution in [2.75, 3.05) is 13.1 Å². The third kappa shape index (κ3) is 1.78. The SMILES string of the molecule is C[n+]1ccn(C(=O)N2CCCCC2)c1. The van der Waals surface area contributed by atoms with Crippen molar-refractivity contribution < 1.29 is 9.36 Å². The molecule has 1 aromatic heterocycles. The molecule has 0 aliphatic carbocycles. The van der Waals surface area contributed by atoms with E-state index >= 15 is 0 Å². The van der Waals surface area contributed by atoms with Gasteiger partial charge in [-0.05, 0) is 19.3 Å². The predicted molar refractivity (Wildman–Crippen MR) is 51.8 cm³/mol. The van der Waals surface area contributed by atoms with Crippen LogP contribution in [0.15, 0.2) is 18.7 Å². The van der Waals surface area contributed by atoms with Crippen LogP contribution in [0.4, 0.5) is 4.79 Å². The second-order valence-corrected chi connectivity index (χ2v) is 3.82. The zero-order chi connectivity index (χ0) is 9.97. The summed E-state index contributed by atoms with van der Waals surface area (Å²) in [4.78, 5) is 13.8. The molecule has 0 atom stereocenters. The molecule has 1 saturated heterocycles. The van der Waals surface area contributed by atoms with Crippen LogP contribution in [0.25, 0.3) is 0 Å². The number of hydrogen-bond acceptors (Lipinski definition) is 1. The third-order valence-electron chi connectivity index (χ3n) is 2.62. The first kappa shape index (κ1) is 9.24. The van der Waals surface area contributed by atoms with Crippen LogP contribution in [0.3, 0.4) is 0 Å². The number of rotatable bonds is 0. The minimum Gasteiger partial charge on any atom is -0.304 e. The van der Waals surface area contributed by atoms with Crippen molar-refractivity contribution in [2.45, 2.75) is 19.3 Å². The summed E-state index contributed by atoms with van der Waals surface area (Å²) >= 11 is 0. The van der Waals surface area contributed by atoms with Gasteiger partial charge in [-0.1, -0.05) is 0 Å². The molecule has 4 heteroatoms. The number of piperidine rings is 1. The van der Waals surface area contributed by atoms with E-state index in [0.717, 1.165) is 25.9 Å². The molecule has 0 saturated carbocycles. The molecule has 1 aliphatic heterocycles. The Balaban J connectivity index is 2.07. The Morgan fingerprint density at radius 2 is 2.00 bits per heavy atom. The van der Waals surface area contributed by atoms with E-state index in [1.165, 1.54) is 6.42 Å². The second-order valence-electron chi connectivity index (χ2n) is 3.82. The van der Waals surface area contributed by atoms with Crippen LogP contribution >= 0.6 is 0 Å². The molecule has 0 unspecified atom stereocenters. The van der Waals surface area contributed by atoms with Gasteiger partial charge in [-0.15, -0.1) is 0 Å². The maximum atomic E-state index is 11.9. The van der Waals surface area contributed by atoms with Crippen LogP contribution < -0.4 is 4.57 Å². The molecule has 0 spiro atoms. The van der Waals surface area contributed by atoms with Crippen molar-refractivity contribution in [3.63, 3.8) is 0 Å². The molecule has 1 amide bonds. The van der Waals surface area contributed by atoms with Crippen molar-refractivity contribution in [2.24, 2.45) is 7.05 Å². The molecular formula is C10H16N3O+. The predicted octanol–water partition coefficient (Wildman–Crippen LogP) is 0.767. The normalized spacial score (nSPS) is 17.1. The molecule has 1 fully saturated rings. The molecular weight excluding hydrogens is 178 g/mol. The zero-order valence-corrected chi connectivity index (χ0v) is 8.52. The fourth-order valence-electron chi connectivity index (χ4n) is 1.81. The highest BCUT2D eigenvalue weighted by molar-refractivity contribution is 5.76.